The van der Waals surface area contributed by atoms with Crippen LogP contribution in [0.3, 0.4) is 0 Å². The summed E-state index contributed by atoms with van der Waals surface area (Å²) in [5.74, 6) is -0.309. The van der Waals surface area contributed by atoms with Crippen molar-refractivity contribution in [2.45, 2.75) is 64.8 Å². The van der Waals surface area contributed by atoms with Gasteiger partial charge in [0.1, 0.15) is 17.1 Å². The Hall–Kier alpha value is -2.46. The molecule has 1 amide bonds. The summed E-state index contributed by atoms with van der Waals surface area (Å²) in [6, 6.07) is 1.30. The number of rotatable bonds is 3. The van der Waals surface area contributed by atoms with Gasteiger partial charge in [0.05, 0.1) is 5.39 Å². The first-order chi connectivity index (χ1) is 15.9. The molecule has 2 atom stereocenters. The highest BCUT2D eigenvalue weighted by Gasteiger charge is 2.32. The van der Waals surface area contributed by atoms with Crippen LogP contribution in [0.5, 0.6) is 0 Å². The van der Waals surface area contributed by atoms with Crippen LogP contribution in [-0.4, -0.2) is 81.3 Å². The molecule has 2 saturated heterocycles. The van der Waals surface area contributed by atoms with Gasteiger partial charge in [0, 0.05) is 38.3 Å². The van der Waals surface area contributed by atoms with Gasteiger partial charge in [-0.25, -0.2) is 19.0 Å². The topological polar surface area (TPSA) is 83.8 Å². The second-order valence-electron chi connectivity index (χ2n) is 10.2. The molecule has 34 heavy (non-hydrogen) atoms. The van der Waals surface area contributed by atoms with E-state index < -0.39 is 17.1 Å². The number of piperazine rings is 1. The number of ether oxygens (including phenoxy) is 1. The van der Waals surface area contributed by atoms with Crippen LogP contribution in [-0.2, 0) is 11.3 Å². The standard InChI is InChI=1S/C23H32ClFN6O3/c1-14-12-29(22(33)34-23(2,3)4)9-10-30(14)20-16-11-17(25)18(24)26-19(16)31(21(32)27-20)13-15-7-6-8-28(15)5/h11,14-15H,6-10,12-13H2,1-5H3/t14-,15-/m0/s1. The molecule has 0 aromatic carbocycles. The van der Waals surface area contributed by atoms with Crippen molar-refractivity contribution in [3.05, 3.63) is 27.5 Å². The van der Waals surface area contributed by atoms with Gasteiger partial charge >= 0.3 is 11.8 Å². The van der Waals surface area contributed by atoms with Crippen LogP contribution in [0.25, 0.3) is 11.0 Å². The van der Waals surface area contributed by atoms with E-state index in [1.807, 2.05) is 39.6 Å². The minimum Gasteiger partial charge on any atom is -0.444 e. The molecule has 0 aliphatic carbocycles. The van der Waals surface area contributed by atoms with Crippen LogP contribution in [0.1, 0.15) is 40.5 Å². The number of hydrogen-bond acceptors (Lipinski definition) is 7. The summed E-state index contributed by atoms with van der Waals surface area (Å²) in [7, 11) is 2.03. The number of halogens is 2. The average Bonchev–Trinajstić information content (AvgIpc) is 3.14. The molecule has 0 bridgehead atoms. The first kappa shape index (κ1) is 24.7. The second kappa shape index (κ2) is 9.30. The van der Waals surface area contributed by atoms with E-state index in [2.05, 4.69) is 14.9 Å². The van der Waals surface area contributed by atoms with Crippen molar-refractivity contribution in [2.75, 3.05) is 38.1 Å². The third-order valence-corrected chi connectivity index (χ3v) is 6.72. The van der Waals surface area contributed by atoms with Crippen molar-refractivity contribution in [3.63, 3.8) is 0 Å². The molecule has 2 aliphatic rings. The maximum Gasteiger partial charge on any atom is 0.410 e. The van der Waals surface area contributed by atoms with Crippen LogP contribution in [0.15, 0.2) is 10.9 Å². The van der Waals surface area contributed by atoms with Gasteiger partial charge in [-0.3, -0.25) is 4.57 Å². The Morgan fingerprint density at radius 3 is 2.62 bits per heavy atom. The number of anilines is 1. The maximum atomic E-state index is 14.5. The van der Waals surface area contributed by atoms with E-state index in [1.54, 1.807) is 4.90 Å². The number of carbonyl (C=O) groups is 1. The van der Waals surface area contributed by atoms with E-state index in [9.17, 15) is 14.0 Å². The zero-order valence-electron chi connectivity index (χ0n) is 20.3. The molecule has 2 aliphatic heterocycles. The van der Waals surface area contributed by atoms with Crippen molar-refractivity contribution in [2.24, 2.45) is 0 Å². The Kier molecular flexibility index (Phi) is 6.74. The lowest BCUT2D eigenvalue weighted by Crippen LogP contribution is -2.55. The number of amides is 1. The van der Waals surface area contributed by atoms with Gasteiger partial charge in [-0.15, -0.1) is 0 Å². The predicted octanol–water partition coefficient (Wildman–Crippen LogP) is 3.12. The summed E-state index contributed by atoms with van der Waals surface area (Å²) in [4.78, 5) is 40.1. The quantitative estimate of drug-likeness (QED) is 0.606. The highest BCUT2D eigenvalue weighted by molar-refractivity contribution is 6.30. The lowest BCUT2D eigenvalue weighted by atomic mass is 10.1. The summed E-state index contributed by atoms with van der Waals surface area (Å²) in [5, 5.41) is 0.153. The Balaban J connectivity index is 1.68. The molecule has 2 aromatic heterocycles. The Morgan fingerprint density at radius 2 is 2.00 bits per heavy atom. The second-order valence-corrected chi connectivity index (χ2v) is 10.6. The fraction of sp³-hybridized carbons (Fsp3) is 0.652. The summed E-state index contributed by atoms with van der Waals surface area (Å²) in [5.41, 5.74) is -0.710. The maximum absolute atomic E-state index is 14.5. The fourth-order valence-electron chi connectivity index (χ4n) is 4.70. The van der Waals surface area contributed by atoms with Crippen molar-refractivity contribution >= 4 is 34.5 Å². The van der Waals surface area contributed by atoms with E-state index in [0.29, 0.717) is 43.0 Å². The van der Waals surface area contributed by atoms with Crippen LogP contribution in [0, 0.1) is 5.82 Å². The highest BCUT2D eigenvalue weighted by Crippen LogP contribution is 2.29. The Bertz CT molecular complexity index is 1150. The van der Waals surface area contributed by atoms with Gasteiger partial charge in [-0.05, 0) is 60.2 Å². The zero-order chi connectivity index (χ0) is 24.8. The number of likely N-dealkylation sites (tertiary alicyclic amines) is 1. The number of aromatic nitrogens is 3. The van der Waals surface area contributed by atoms with E-state index in [4.69, 9.17) is 16.3 Å². The van der Waals surface area contributed by atoms with Gasteiger partial charge in [-0.2, -0.15) is 4.98 Å². The molecule has 186 valence electrons. The molecule has 2 fully saturated rings. The SMILES string of the molecule is C[C@H]1CN(C(=O)OC(C)(C)C)CCN1c1nc(=O)n(C[C@@H]2CCCN2C)c2nc(Cl)c(F)cc12. The molecule has 4 heterocycles. The van der Waals surface area contributed by atoms with Crippen LogP contribution in [0.4, 0.5) is 15.0 Å². The molecule has 9 nitrogen and oxygen atoms in total. The number of hydrogen-bond donors (Lipinski definition) is 0. The smallest absolute Gasteiger partial charge is 0.410 e. The van der Waals surface area contributed by atoms with Crippen LogP contribution < -0.4 is 10.6 Å². The Morgan fingerprint density at radius 1 is 1.26 bits per heavy atom. The number of fused-ring (bicyclic) bond motifs is 1. The summed E-state index contributed by atoms with van der Waals surface area (Å²) >= 11 is 6.03. The van der Waals surface area contributed by atoms with Gasteiger partial charge in [-0.1, -0.05) is 11.6 Å². The van der Waals surface area contributed by atoms with Gasteiger partial charge in [0.2, 0.25) is 0 Å². The van der Waals surface area contributed by atoms with Gasteiger partial charge in [0.25, 0.3) is 0 Å². The highest BCUT2D eigenvalue weighted by atomic mass is 35.5. The molecule has 0 saturated carbocycles. The molecular weight excluding hydrogens is 463 g/mol. The molecule has 0 spiro atoms. The molecular formula is C23H32ClFN6O3. The van der Waals surface area contributed by atoms with E-state index in [1.165, 1.54) is 10.6 Å². The van der Waals surface area contributed by atoms with Crippen LogP contribution in [0.2, 0.25) is 5.15 Å². The number of likely N-dealkylation sites (N-methyl/N-ethyl adjacent to an activating group) is 1. The Labute approximate surface area is 203 Å². The van der Waals surface area contributed by atoms with E-state index in [-0.39, 0.29) is 23.3 Å². The molecule has 0 N–H and O–H groups in total. The first-order valence-electron chi connectivity index (χ1n) is 11.7. The minimum absolute atomic E-state index is 0.174. The summed E-state index contributed by atoms with van der Waals surface area (Å²) in [6.07, 6.45) is 1.64. The zero-order valence-corrected chi connectivity index (χ0v) is 21.1. The third kappa shape index (κ3) is 4.98. The first-order valence-corrected chi connectivity index (χ1v) is 12.0. The lowest BCUT2D eigenvalue weighted by molar-refractivity contribution is 0.0218. The molecule has 2 aromatic rings. The van der Waals surface area contributed by atoms with E-state index in [0.717, 1.165) is 19.4 Å². The van der Waals surface area contributed by atoms with Crippen molar-refractivity contribution in [1.29, 1.82) is 0 Å². The number of carbonyl (C=O) groups excluding carboxylic acids is 1. The van der Waals surface area contributed by atoms with Gasteiger partial charge < -0.3 is 19.4 Å². The number of nitrogens with zero attached hydrogens (tertiary/aromatic N) is 6. The van der Waals surface area contributed by atoms with Crippen molar-refractivity contribution < 1.29 is 13.9 Å². The van der Waals surface area contributed by atoms with Crippen LogP contribution >= 0.6 is 11.6 Å². The van der Waals surface area contributed by atoms with E-state index >= 15 is 0 Å². The molecule has 0 radical (unpaired) electrons. The predicted molar refractivity (Wildman–Crippen MR) is 129 cm³/mol. The summed E-state index contributed by atoms with van der Waals surface area (Å²) < 4.78 is 21.5. The molecule has 11 heteroatoms. The summed E-state index contributed by atoms with van der Waals surface area (Å²) in [6.45, 7) is 9.98. The fourth-order valence-corrected chi connectivity index (χ4v) is 4.83. The average molecular weight is 495 g/mol. The molecule has 4 rings (SSSR count). The largest absolute Gasteiger partial charge is 0.444 e. The third-order valence-electron chi connectivity index (χ3n) is 6.46. The molecule has 0 unspecified atom stereocenters. The van der Waals surface area contributed by atoms with Gasteiger partial charge in [0.15, 0.2) is 11.0 Å². The lowest BCUT2D eigenvalue weighted by Gasteiger charge is -2.41. The van der Waals surface area contributed by atoms with Crippen molar-refractivity contribution in [3.8, 4) is 0 Å². The number of pyridine rings is 1. The minimum atomic E-state index is -0.666. The monoisotopic (exact) mass is 494 g/mol. The normalized spacial score (nSPS) is 22.0. The van der Waals surface area contributed by atoms with Crippen molar-refractivity contribution in [1.82, 2.24) is 24.3 Å².